The van der Waals surface area contributed by atoms with E-state index in [4.69, 9.17) is 5.73 Å². The van der Waals surface area contributed by atoms with Crippen LogP contribution < -0.4 is 5.73 Å². The summed E-state index contributed by atoms with van der Waals surface area (Å²) in [5.41, 5.74) is 5.91. The van der Waals surface area contributed by atoms with Crippen molar-refractivity contribution in [1.29, 1.82) is 0 Å². The first kappa shape index (κ1) is 8.98. The van der Waals surface area contributed by atoms with Gasteiger partial charge < -0.3 is 5.73 Å². The van der Waals surface area contributed by atoms with Gasteiger partial charge >= 0.3 is 0 Å². The zero-order valence-electron chi connectivity index (χ0n) is 7.44. The summed E-state index contributed by atoms with van der Waals surface area (Å²) >= 11 is 0. The van der Waals surface area contributed by atoms with E-state index >= 15 is 0 Å². The zero-order valence-corrected chi connectivity index (χ0v) is 7.44. The molecule has 0 bridgehead atoms. The second kappa shape index (κ2) is 3.10. The van der Waals surface area contributed by atoms with Gasteiger partial charge in [-0.1, -0.05) is 13.3 Å². The molecule has 0 spiro atoms. The highest BCUT2D eigenvalue weighted by atomic mass is 19.1. The summed E-state index contributed by atoms with van der Waals surface area (Å²) in [7, 11) is 0. The highest BCUT2D eigenvalue weighted by Gasteiger charge is 2.40. The Labute approximate surface area is 68.2 Å². The largest absolute Gasteiger partial charge is 0.325 e. The number of hydrogen-bond donors (Lipinski definition) is 1. The Morgan fingerprint density at radius 3 is 2.36 bits per heavy atom. The average Bonchev–Trinajstić information content (AvgIpc) is 2.64. The number of rotatable bonds is 4. The van der Waals surface area contributed by atoms with Crippen LogP contribution in [-0.2, 0) is 0 Å². The monoisotopic (exact) mass is 159 g/mol. The molecule has 1 aliphatic rings. The first-order valence-corrected chi connectivity index (χ1v) is 4.50. The second-order valence-electron chi connectivity index (χ2n) is 3.91. The van der Waals surface area contributed by atoms with Crippen LogP contribution in [0.4, 0.5) is 4.39 Å². The van der Waals surface area contributed by atoms with Gasteiger partial charge in [0.2, 0.25) is 0 Å². The Morgan fingerprint density at radius 2 is 2.09 bits per heavy atom. The van der Waals surface area contributed by atoms with E-state index in [-0.39, 0.29) is 11.5 Å². The molecule has 2 N–H and O–H groups in total. The molecule has 1 rings (SSSR count). The fraction of sp³-hybridized carbons (Fsp3) is 1.00. The standard InChI is InChI=1S/C9H18FN/c1-3-8(7(2)10)6-9(11)4-5-9/h7-8H,3-6,11H2,1-2H3. The van der Waals surface area contributed by atoms with Crippen molar-refractivity contribution in [1.82, 2.24) is 0 Å². The lowest BCUT2D eigenvalue weighted by atomic mass is 9.92. The van der Waals surface area contributed by atoms with Gasteiger partial charge in [-0.3, -0.25) is 0 Å². The summed E-state index contributed by atoms with van der Waals surface area (Å²) in [5, 5.41) is 0. The van der Waals surface area contributed by atoms with Crippen molar-refractivity contribution in [3.05, 3.63) is 0 Å². The van der Waals surface area contributed by atoms with Crippen LogP contribution in [0.1, 0.15) is 39.5 Å². The highest BCUT2D eigenvalue weighted by molar-refractivity contribution is 5.00. The third-order valence-corrected chi connectivity index (χ3v) is 2.73. The normalized spacial score (nSPS) is 26.2. The smallest absolute Gasteiger partial charge is 0.100 e. The minimum Gasteiger partial charge on any atom is -0.325 e. The third-order valence-electron chi connectivity index (χ3n) is 2.73. The SMILES string of the molecule is CCC(CC1(N)CC1)C(C)F. The Balaban J connectivity index is 2.31. The van der Waals surface area contributed by atoms with Crippen LogP contribution in [0, 0.1) is 5.92 Å². The fourth-order valence-electron chi connectivity index (χ4n) is 1.52. The molecule has 0 saturated heterocycles. The van der Waals surface area contributed by atoms with Gasteiger partial charge in [0, 0.05) is 5.54 Å². The summed E-state index contributed by atoms with van der Waals surface area (Å²) in [5.74, 6) is 0.183. The molecule has 0 amide bonds. The molecule has 66 valence electrons. The summed E-state index contributed by atoms with van der Waals surface area (Å²) in [6.45, 7) is 3.67. The van der Waals surface area contributed by atoms with Crippen LogP contribution in [0.25, 0.3) is 0 Å². The molecule has 0 aromatic heterocycles. The lowest BCUT2D eigenvalue weighted by molar-refractivity contribution is 0.217. The van der Waals surface area contributed by atoms with Crippen molar-refractivity contribution in [2.24, 2.45) is 11.7 Å². The molecular weight excluding hydrogens is 141 g/mol. The Morgan fingerprint density at radius 1 is 1.55 bits per heavy atom. The average molecular weight is 159 g/mol. The molecule has 0 aromatic rings. The molecule has 1 fully saturated rings. The molecule has 1 saturated carbocycles. The molecule has 0 aliphatic heterocycles. The van der Waals surface area contributed by atoms with Crippen LogP contribution in [0.2, 0.25) is 0 Å². The maximum absolute atomic E-state index is 12.9. The van der Waals surface area contributed by atoms with Crippen LogP contribution in [0.5, 0.6) is 0 Å². The van der Waals surface area contributed by atoms with E-state index in [9.17, 15) is 4.39 Å². The van der Waals surface area contributed by atoms with Crippen molar-refractivity contribution in [3.63, 3.8) is 0 Å². The van der Waals surface area contributed by atoms with Crippen molar-refractivity contribution >= 4 is 0 Å². The van der Waals surface area contributed by atoms with E-state index < -0.39 is 6.17 Å². The van der Waals surface area contributed by atoms with E-state index in [1.807, 2.05) is 6.92 Å². The summed E-state index contributed by atoms with van der Waals surface area (Å²) < 4.78 is 12.9. The number of halogens is 1. The van der Waals surface area contributed by atoms with Crippen molar-refractivity contribution in [2.45, 2.75) is 51.2 Å². The third kappa shape index (κ3) is 2.44. The van der Waals surface area contributed by atoms with Gasteiger partial charge in [0.05, 0.1) is 0 Å². The molecule has 1 aliphatic carbocycles. The molecular formula is C9H18FN. The summed E-state index contributed by atoms with van der Waals surface area (Å²) in [4.78, 5) is 0. The van der Waals surface area contributed by atoms with Crippen molar-refractivity contribution in [3.8, 4) is 0 Å². The molecule has 0 heterocycles. The van der Waals surface area contributed by atoms with E-state index in [1.54, 1.807) is 6.92 Å². The number of alkyl halides is 1. The highest BCUT2D eigenvalue weighted by Crippen LogP contribution is 2.40. The van der Waals surface area contributed by atoms with Gasteiger partial charge in [-0.2, -0.15) is 0 Å². The lowest BCUT2D eigenvalue weighted by Gasteiger charge is -2.19. The summed E-state index contributed by atoms with van der Waals surface area (Å²) in [6, 6.07) is 0. The van der Waals surface area contributed by atoms with E-state index in [1.165, 1.54) is 0 Å². The van der Waals surface area contributed by atoms with E-state index in [0.29, 0.717) is 0 Å². The molecule has 0 aromatic carbocycles. The first-order valence-electron chi connectivity index (χ1n) is 4.50. The predicted molar refractivity (Wildman–Crippen MR) is 45.1 cm³/mol. The van der Waals surface area contributed by atoms with Gasteiger partial charge in [-0.15, -0.1) is 0 Å². The van der Waals surface area contributed by atoms with Gasteiger partial charge in [0.25, 0.3) is 0 Å². The Kier molecular flexibility index (Phi) is 2.53. The zero-order chi connectivity index (χ0) is 8.48. The van der Waals surface area contributed by atoms with Crippen LogP contribution in [0.3, 0.4) is 0 Å². The molecule has 2 heteroatoms. The van der Waals surface area contributed by atoms with Gasteiger partial charge in [0.15, 0.2) is 0 Å². The predicted octanol–water partition coefficient (Wildman–Crippen LogP) is 2.25. The van der Waals surface area contributed by atoms with E-state index in [0.717, 1.165) is 25.7 Å². The maximum Gasteiger partial charge on any atom is 0.100 e. The van der Waals surface area contributed by atoms with Crippen molar-refractivity contribution in [2.75, 3.05) is 0 Å². The molecule has 2 unspecified atom stereocenters. The molecule has 11 heavy (non-hydrogen) atoms. The molecule has 1 nitrogen and oxygen atoms in total. The fourth-order valence-corrected chi connectivity index (χ4v) is 1.52. The Hall–Kier alpha value is -0.110. The number of nitrogens with two attached hydrogens (primary N) is 1. The Bertz CT molecular complexity index is 130. The van der Waals surface area contributed by atoms with Crippen LogP contribution in [0.15, 0.2) is 0 Å². The van der Waals surface area contributed by atoms with Gasteiger partial charge in [-0.05, 0) is 32.1 Å². The second-order valence-corrected chi connectivity index (χ2v) is 3.91. The van der Waals surface area contributed by atoms with E-state index in [2.05, 4.69) is 0 Å². The van der Waals surface area contributed by atoms with Gasteiger partial charge in [-0.25, -0.2) is 4.39 Å². The van der Waals surface area contributed by atoms with Crippen LogP contribution >= 0.6 is 0 Å². The van der Waals surface area contributed by atoms with Crippen molar-refractivity contribution < 1.29 is 4.39 Å². The topological polar surface area (TPSA) is 26.0 Å². The lowest BCUT2D eigenvalue weighted by Crippen LogP contribution is -2.28. The molecule has 0 radical (unpaired) electrons. The quantitative estimate of drug-likeness (QED) is 0.669. The molecule has 2 atom stereocenters. The minimum absolute atomic E-state index is 0.0149. The summed E-state index contributed by atoms with van der Waals surface area (Å²) in [6.07, 6.45) is 3.28. The maximum atomic E-state index is 12.9. The van der Waals surface area contributed by atoms with Gasteiger partial charge in [0.1, 0.15) is 6.17 Å². The van der Waals surface area contributed by atoms with Crippen LogP contribution in [-0.4, -0.2) is 11.7 Å². The number of hydrogen-bond acceptors (Lipinski definition) is 1. The minimum atomic E-state index is -0.693. The first-order chi connectivity index (χ1) is 5.07.